The molecule has 13 heteroatoms. The van der Waals surface area contributed by atoms with Crippen LogP contribution in [0.1, 0.15) is 59.5 Å². The fraction of sp³-hybridized carbons (Fsp3) is 0.400. The van der Waals surface area contributed by atoms with Crippen LogP contribution >= 0.6 is 0 Å². The number of carbonyl (C=O) groups is 3. The number of para-hydroxylation sites is 1. The average Bonchev–Trinajstić information content (AvgIpc) is 3.04. The first-order valence-electron chi connectivity index (χ1n) is 17.7. The summed E-state index contributed by atoms with van der Waals surface area (Å²) < 4.78 is 100. The summed E-state index contributed by atoms with van der Waals surface area (Å²) in [6.07, 6.45) is -2.41. The molecule has 1 unspecified atom stereocenters. The lowest BCUT2D eigenvalue weighted by Crippen LogP contribution is -2.64. The van der Waals surface area contributed by atoms with Gasteiger partial charge in [-0.15, -0.1) is 0 Å². The number of amides is 2. The third-order valence-electron chi connectivity index (χ3n) is 7.05. The summed E-state index contributed by atoms with van der Waals surface area (Å²) in [5, 5.41) is 5.08. The van der Waals surface area contributed by atoms with E-state index in [9.17, 15) is 27.2 Å². The highest BCUT2D eigenvalue weighted by molar-refractivity contribution is 7.89. The van der Waals surface area contributed by atoms with Crippen molar-refractivity contribution >= 4 is 28.0 Å². The zero-order valence-corrected chi connectivity index (χ0v) is 28.3. The van der Waals surface area contributed by atoms with E-state index in [1.807, 2.05) is 0 Å². The van der Waals surface area contributed by atoms with E-state index >= 15 is 0 Å². The number of carbonyl (C=O) groups excluding carboxylic acids is 3. The number of halogens is 1. The topological polar surface area (TPSA) is 140 Å². The largest absolute Gasteiger partial charge is 0.480 e. The van der Waals surface area contributed by atoms with Gasteiger partial charge in [0.05, 0.1) is 24.8 Å². The maximum absolute atomic E-state index is 14.0. The van der Waals surface area contributed by atoms with E-state index in [2.05, 4.69) is 10.6 Å². The Morgan fingerprint density at radius 2 is 1.65 bits per heavy atom. The number of benzene rings is 3. The molecule has 1 aliphatic heterocycles. The van der Waals surface area contributed by atoms with Crippen LogP contribution < -0.4 is 15.4 Å². The molecular formula is C35H42FN3O8S. The van der Waals surface area contributed by atoms with Gasteiger partial charge in [-0.05, 0) is 89.0 Å². The van der Waals surface area contributed by atoms with Gasteiger partial charge in [0, 0.05) is 12.5 Å². The molecule has 2 atom stereocenters. The maximum atomic E-state index is 14.0. The number of nitrogens with one attached hydrogen (secondary N) is 2. The van der Waals surface area contributed by atoms with Crippen molar-refractivity contribution in [1.29, 1.82) is 0 Å². The smallest absolute Gasteiger partial charge is 0.408 e. The number of rotatable bonds is 12. The van der Waals surface area contributed by atoms with Gasteiger partial charge in [0.1, 0.15) is 23.2 Å². The van der Waals surface area contributed by atoms with Crippen LogP contribution in [0.15, 0.2) is 83.6 Å². The van der Waals surface area contributed by atoms with E-state index in [0.717, 1.165) is 16.4 Å². The van der Waals surface area contributed by atoms with Crippen LogP contribution in [0.2, 0.25) is 0 Å². The summed E-state index contributed by atoms with van der Waals surface area (Å²) >= 11 is 0. The Morgan fingerprint density at radius 1 is 1.00 bits per heavy atom. The Bertz CT molecular complexity index is 1960. The normalized spacial score (nSPS) is 17.3. The number of esters is 1. The molecule has 1 heterocycles. The molecule has 1 saturated heterocycles. The monoisotopic (exact) mass is 688 g/mol. The fourth-order valence-electron chi connectivity index (χ4n) is 4.81. The van der Waals surface area contributed by atoms with Gasteiger partial charge >= 0.3 is 12.1 Å². The molecule has 4 rings (SSSR count). The molecule has 0 spiro atoms. The lowest BCUT2D eigenvalue weighted by atomic mass is 9.87. The SMILES string of the molecule is [2H]c1c([2H])c([2H])c(OC2(c3ccc(F)cc3)CN(S(=O)(=O)c3cccc(C[C@H](NC(=O)OC(C)(C)C)C(=O)OC(C)C(=O)NC(C)C)c3)C2)c([2H])c1[2H]. The zero-order valence-electron chi connectivity index (χ0n) is 32.5. The minimum Gasteiger partial charge on any atom is -0.480 e. The quantitative estimate of drug-likeness (QED) is 0.261. The summed E-state index contributed by atoms with van der Waals surface area (Å²) in [5.74, 6) is -2.60. The van der Waals surface area contributed by atoms with Crippen molar-refractivity contribution in [2.45, 2.75) is 82.2 Å². The van der Waals surface area contributed by atoms with Crippen LogP contribution in [0.5, 0.6) is 5.75 Å². The molecule has 3 aromatic rings. The molecule has 258 valence electrons. The standard InChI is InChI=1S/C35H42FN3O8S/c1-23(2)37-31(40)24(3)45-32(41)30(38-33(42)47-34(4,5)6)20-25-11-10-14-29(19-25)48(43,44)39-21-35(22-39,26-15-17-27(36)18-16-26)46-28-12-8-7-9-13-28/h7-19,23-24,30H,20-22H2,1-6H3,(H,37,40)(H,38,42)/t24?,30-/m0/s1/i7D,8D,9D,12D,13D. The Balaban J connectivity index is 1.62. The highest BCUT2D eigenvalue weighted by atomic mass is 32.2. The number of hydrogen-bond acceptors (Lipinski definition) is 8. The number of ether oxygens (including phenoxy) is 3. The maximum Gasteiger partial charge on any atom is 0.408 e. The first kappa shape index (κ1) is 29.6. The first-order chi connectivity index (χ1) is 24.5. The Kier molecular flexibility index (Phi) is 9.10. The number of nitrogens with zero attached hydrogens (tertiary/aromatic N) is 1. The van der Waals surface area contributed by atoms with Crippen LogP contribution in [0.25, 0.3) is 0 Å². The summed E-state index contributed by atoms with van der Waals surface area (Å²) in [7, 11) is -4.29. The van der Waals surface area contributed by atoms with Crippen LogP contribution in [0, 0.1) is 5.82 Å². The second-order valence-electron chi connectivity index (χ2n) is 12.6. The van der Waals surface area contributed by atoms with Gasteiger partial charge < -0.3 is 24.8 Å². The second-order valence-corrected chi connectivity index (χ2v) is 14.6. The molecule has 3 aromatic carbocycles. The lowest BCUT2D eigenvalue weighted by molar-refractivity contribution is -0.157. The third-order valence-corrected chi connectivity index (χ3v) is 8.84. The molecule has 0 bridgehead atoms. The van der Waals surface area contributed by atoms with Gasteiger partial charge in [-0.3, -0.25) is 4.79 Å². The van der Waals surface area contributed by atoms with Gasteiger partial charge in [-0.1, -0.05) is 42.4 Å². The van der Waals surface area contributed by atoms with Crippen molar-refractivity contribution in [3.05, 3.63) is 95.7 Å². The van der Waals surface area contributed by atoms with E-state index in [0.29, 0.717) is 11.1 Å². The van der Waals surface area contributed by atoms with Crippen LogP contribution in [-0.2, 0) is 41.1 Å². The van der Waals surface area contributed by atoms with E-state index in [1.54, 1.807) is 34.6 Å². The number of hydrogen-bond donors (Lipinski definition) is 2. The predicted octanol–water partition coefficient (Wildman–Crippen LogP) is 4.70. The van der Waals surface area contributed by atoms with E-state index in [1.165, 1.54) is 43.3 Å². The van der Waals surface area contributed by atoms with Crippen molar-refractivity contribution in [3.63, 3.8) is 0 Å². The lowest BCUT2D eigenvalue weighted by Gasteiger charge is -2.48. The van der Waals surface area contributed by atoms with Crippen LogP contribution in [-0.4, -0.2) is 67.6 Å². The molecule has 0 aromatic heterocycles. The Hall–Kier alpha value is -4.49. The minimum absolute atomic E-state index is 0.195. The molecule has 2 N–H and O–H groups in total. The van der Waals surface area contributed by atoms with Crippen LogP contribution in [0.4, 0.5) is 9.18 Å². The molecule has 2 amide bonds. The van der Waals surface area contributed by atoms with Gasteiger partial charge in [0.25, 0.3) is 5.91 Å². The average molecular weight is 689 g/mol. The number of alkyl carbamates (subject to hydrolysis) is 1. The predicted molar refractivity (Wildman–Crippen MR) is 176 cm³/mol. The molecule has 0 aliphatic carbocycles. The highest BCUT2D eigenvalue weighted by Crippen LogP contribution is 2.40. The van der Waals surface area contributed by atoms with Gasteiger partial charge in [-0.2, -0.15) is 4.31 Å². The zero-order chi connectivity index (χ0) is 39.6. The highest BCUT2D eigenvalue weighted by Gasteiger charge is 2.52. The molecule has 48 heavy (non-hydrogen) atoms. The van der Waals surface area contributed by atoms with Crippen molar-refractivity contribution < 1.29 is 48.3 Å². The van der Waals surface area contributed by atoms with Gasteiger partial charge in [0.2, 0.25) is 10.0 Å². The fourth-order valence-corrected chi connectivity index (χ4v) is 6.42. The van der Waals surface area contributed by atoms with E-state index < -0.39 is 93.1 Å². The first-order valence-corrected chi connectivity index (χ1v) is 16.6. The molecule has 1 fully saturated rings. The molecule has 0 saturated carbocycles. The van der Waals surface area contributed by atoms with Gasteiger partial charge in [0.15, 0.2) is 11.7 Å². The third kappa shape index (κ3) is 9.32. The van der Waals surface area contributed by atoms with E-state index in [-0.39, 0.29) is 30.4 Å². The van der Waals surface area contributed by atoms with E-state index in [4.69, 9.17) is 21.1 Å². The molecule has 1 aliphatic rings. The van der Waals surface area contributed by atoms with Crippen molar-refractivity contribution in [2.75, 3.05) is 13.1 Å². The van der Waals surface area contributed by atoms with Crippen molar-refractivity contribution in [2.24, 2.45) is 0 Å². The van der Waals surface area contributed by atoms with Crippen molar-refractivity contribution in [3.8, 4) is 5.75 Å². The van der Waals surface area contributed by atoms with Gasteiger partial charge in [-0.25, -0.2) is 22.4 Å². The summed E-state index contributed by atoms with van der Waals surface area (Å²) in [4.78, 5) is 38.2. The molecular weight excluding hydrogens is 641 g/mol. The summed E-state index contributed by atoms with van der Waals surface area (Å²) in [6.45, 7) is 8.96. The Morgan fingerprint density at radius 3 is 2.25 bits per heavy atom. The second kappa shape index (κ2) is 14.7. The van der Waals surface area contributed by atoms with Crippen LogP contribution in [0.3, 0.4) is 0 Å². The summed E-state index contributed by atoms with van der Waals surface area (Å²) in [5.41, 5.74) is -1.87. The Labute approximate surface area is 287 Å². The van der Waals surface area contributed by atoms with Crippen molar-refractivity contribution in [1.82, 2.24) is 14.9 Å². The summed E-state index contributed by atoms with van der Waals surface area (Å²) in [6, 6.07) is 5.77. The molecule has 11 nitrogen and oxygen atoms in total. The molecule has 0 radical (unpaired) electrons. The minimum atomic E-state index is -4.29. The number of sulfonamides is 1.